The number of halogens is 1. The van der Waals surface area contributed by atoms with E-state index in [1.807, 2.05) is 18.2 Å². The normalized spacial score (nSPS) is 15.1. The van der Waals surface area contributed by atoms with Crippen LogP contribution in [0.4, 0.5) is 5.69 Å². The highest BCUT2D eigenvalue weighted by molar-refractivity contribution is 9.10. The van der Waals surface area contributed by atoms with Crippen molar-refractivity contribution in [3.05, 3.63) is 52.5 Å². The molecule has 2 aromatic rings. The number of rotatable bonds is 9. The lowest BCUT2D eigenvalue weighted by Gasteiger charge is -2.13. The van der Waals surface area contributed by atoms with Crippen LogP contribution in [0.3, 0.4) is 0 Å². The maximum atomic E-state index is 12.2. The summed E-state index contributed by atoms with van der Waals surface area (Å²) >= 11 is 3.39. The molecule has 3 amide bonds. The monoisotopic (exact) mass is 532 g/mol. The van der Waals surface area contributed by atoms with E-state index in [1.165, 1.54) is 13.3 Å². The molecule has 3 rings (SSSR count). The molecule has 0 saturated carbocycles. The minimum Gasteiger partial charge on any atom is -0.493 e. The summed E-state index contributed by atoms with van der Waals surface area (Å²) in [6, 6.07) is 12.3. The van der Waals surface area contributed by atoms with Gasteiger partial charge in [0.1, 0.15) is 0 Å². The Labute approximate surface area is 205 Å². The van der Waals surface area contributed by atoms with E-state index < -0.39 is 11.8 Å². The van der Waals surface area contributed by atoms with Crippen LogP contribution >= 0.6 is 15.9 Å². The third-order valence-electron chi connectivity index (χ3n) is 4.76. The molecule has 180 valence electrons. The molecule has 1 fully saturated rings. The van der Waals surface area contributed by atoms with Crippen molar-refractivity contribution >= 4 is 45.6 Å². The number of nitrogens with one attached hydrogen (secondary N) is 3. The van der Waals surface area contributed by atoms with E-state index in [1.54, 1.807) is 24.3 Å². The molecule has 1 aliphatic rings. The number of carbonyl (C=O) groups is 3. The van der Waals surface area contributed by atoms with Gasteiger partial charge in [-0.1, -0.05) is 18.2 Å². The predicted molar refractivity (Wildman–Crippen MR) is 129 cm³/mol. The highest BCUT2D eigenvalue weighted by atomic mass is 79.9. The molecular weight excluding hydrogens is 508 g/mol. The van der Waals surface area contributed by atoms with Crippen molar-refractivity contribution in [1.29, 1.82) is 0 Å². The molecule has 1 atom stereocenters. The maximum absolute atomic E-state index is 12.2. The molecule has 2 aromatic carbocycles. The first-order valence-electron chi connectivity index (χ1n) is 10.5. The first kappa shape index (κ1) is 25.2. The van der Waals surface area contributed by atoms with Crippen molar-refractivity contribution in [3.63, 3.8) is 0 Å². The number of ether oxygens (including phenoxy) is 3. The summed E-state index contributed by atoms with van der Waals surface area (Å²) in [6.45, 7) is 0.722. The number of methoxy groups -OCH3 is 1. The van der Waals surface area contributed by atoms with Crippen LogP contribution in [0.5, 0.6) is 11.5 Å². The van der Waals surface area contributed by atoms with Crippen molar-refractivity contribution in [2.24, 2.45) is 5.10 Å². The molecule has 11 heteroatoms. The highest BCUT2D eigenvalue weighted by Gasteiger charge is 2.19. The Hall–Kier alpha value is -3.44. The van der Waals surface area contributed by atoms with Crippen LogP contribution in [0.1, 0.15) is 18.4 Å². The molecule has 1 saturated heterocycles. The summed E-state index contributed by atoms with van der Waals surface area (Å²) in [5, 5.41) is 9.06. The summed E-state index contributed by atoms with van der Waals surface area (Å²) in [5.41, 5.74) is 3.40. The van der Waals surface area contributed by atoms with Crippen LogP contribution < -0.4 is 25.5 Å². The van der Waals surface area contributed by atoms with E-state index in [2.05, 4.69) is 37.1 Å². The van der Waals surface area contributed by atoms with Crippen LogP contribution in [-0.4, -0.2) is 56.9 Å². The zero-order chi connectivity index (χ0) is 24.3. The van der Waals surface area contributed by atoms with E-state index in [0.29, 0.717) is 33.8 Å². The van der Waals surface area contributed by atoms with Crippen molar-refractivity contribution < 1.29 is 28.6 Å². The topological polar surface area (TPSA) is 127 Å². The Balaban J connectivity index is 1.52. The first-order valence-corrected chi connectivity index (χ1v) is 11.3. The lowest BCUT2D eigenvalue weighted by molar-refractivity contribution is -0.139. The molecule has 10 nitrogen and oxygen atoms in total. The first-order chi connectivity index (χ1) is 16.5. The molecular formula is C23H25BrN4O6. The lowest BCUT2D eigenvalue weighted by Crippen LogP contribution is -2.41. The van der Waals surface area contributed by atoms with Crippen LogP contribution in [0.15, 0.2) is 52.0 Å². The molecule has 0 spiro atoms. The van der Waals surface area contributed by atoms with E-state index in [0.717, 1.165) is 12.8 Å². The molecule has 0 aliphatic carbocycles. The fourth-order valence-corrected chi connectivity index (χ4v) is 3.69. The second-order valence-corrected chi connectivity index (χ2v) is 8.14. The minimum atomic E-state index is -0.885. The van der Waals surface area contributed by atoms with Crippen molar-refractivity contribution in [2.75, 3.05) is 32.2 Å². The van der Waals surface area contributed by atoms with E-state index in [-0.39, 0.29) is 25.2 Å². The molecule has 1 heterocycles. The standard InChI is InChI=1S/C23H25BrN4O6/c1-32-19-11-15(12-26-28-23(31)22(30)25-13-17-8-5-9-33-17)10-18(24)21(19)34-14-20(29)27-16-6-3-2-4-7-16/h2-4,6-7,10-12,17H,5,8-9,13-14H2,1H3,(H,25,30)(H,27,29)(H,28,31)/b26-12-/t17-/m1/s1. The molecule has 0 bridgehead atoms. The van der Waals surface area contributed by atoms with Gasteiger partial charge in [0.25, 0.3) is 5.91 Å². The largest absolute Gasteiger partial charge is 0.493 e. The Morgan fingerprint density at radius 3 is 2.71 bits per heavy atom. The lowest BCUT2D eigenvalue weighted by atomic mass is 10.2. The minimum absolute atomic E-state index is 0.0600. The number of hydrazone groups is 1. The number of hydrogen-bond acceptors (Lipinski definition) is 7. The summed E-state index contributed by atoms with van der Waals surface area (Å²) in [4.78, 5) is 35.9. The molecule has 34 heavy (non-hydrogen) atoms. The zero-order valence-electron chi connectivity index (χ0n) is 18.5. The van der Waals surface area contributed by atoms with Gasteiger partial charge < -0.3 is 24.8 Å². The Morgan fingerprint density at radius 1 is 1.21 bits per heavy atom. The summed E-state index contributed by atoms with van der Waals surface area (Å²) in [6.07, 6.45) is 3.09. The highest BCUT2D eigenvalue weighted by Crippen LogP contribution is 2.36. The average Bonchev–Trinajstić information content (AvgIpc) is 3.35. The van der Waals surface area contributed by atoms with Crippen LogP contribution in [0.2, 0.25) is 0 Å². The van der Waals surface area contributed by atoms with Crippen LogP contribution in [-0.2, 0) is 19.1 Å². The third kappa shape index (κ3) is 7.56. The number of nitrogens with zero attached hydrogens (tertiary/aromatic N) is 1. The number of benzene rings is 2. The van der Waals surface area contributed by atoms with Crippen LogP contribution in [0.25, 0.3) is 0 Å². The predicted octanol–water partition coefficient (Wildman–Crippen LogP) is 2.22. The Morgan fingerprint density at radius 2 is 2.00 bits per heavy atom. The number of hydrogen-bond donors (Lipinski definition) is 3. The third-order valence-corrected chi connectivity index (χ3v) is 5.35. The molecule has 0 radical (unpaired) electrons. The average molecular weight is 533 g/mol. The van der Waals surface area contributed by atoms with E-state index in [9.17, 15) is 14.4 Å². The number of amides is 3. The van der Waals surface area contributed by atoms with Crippen molar-refractivity contribution in [2.45, 2.75) is 18.9 Å². The van der Waals surface area contributed by atoms with Gasteiger partial charge in [0, 0.05) is 18.8 Å². The van der Waals surface area contributed by atoms with Gasteiger partial charge in [0.15, 0.2) is 18.1 Å². The molecule has 0 unspecified atom stereocenters. The Bertz CT molecular complexity index is 1040. The maximum Gasteiger partial charge on any atom is 0.329 e. The van der Waals surface area contributed by atoms with Gasteiger partial charge in [-0.2, -0.15) is 5.10 Å². The van der Waals surface area contributed by atoms with Gasteiger partial charge in [-0.15, -0.1) is 0 Å². The van der Waals surface area contributed by atoms with Gasteiger partial charge in [0.05, 0.1) is 23.9 Å². The fraction of sp³-hybridized carbons (Fsp3) is 0.304. The summed E-state index contributed by atoms with van der Waals surface area (Å²) in [7, 11) is 1.46. The van der Waals surface area contributed by atoms with E-state index >= 15 is 0 Å². The zero-order valence-corrected chi connectivity index (χ0v) is 20.1. The fourth-order valence-electron chi connectivity index (χ4n) is 3.12. The number of carbonyl (C=O) groups excluding carboxylic acids is 3. The van der Waals surface area contributed by atoms with Crippen LogP contribution in [0, 0.1) is 0 Å². The van der Waals surface area contributed by atoms with Crippen molar-refractivity contribution in [3.8, 4) is 11.5 Å². The Kier molecular flexibility index (Phi) is 9.41. The van der Waals surface area contributed by atoms with Gasteiger partial charge in [-0.3, -0.25) is 14.4 Å². The smallest absolute Gasteiger partial charge is 0.329 e. The second kappa shape index (κ2) is 12.7. The van der Waals surface area contributed by atoms with Gasteiger partial charge in [0.2, 0.25) is 0 Å². The van der Waals surface area contributed by atoms with Crippen molar-refractivity contribution in [1.82, 2.24) is 10.7 Å². The van der Waals surface area contributed by atoms with Gasteiger partial charge in [-0.25, -0.2) is 5.43 Å². The van der Waals surface area contributed by atoms with Gasteiger partial charge >= 0.3 is 11.8 Å². The number of para-hydroxylation sites is 1. The quantitative estimate of drug-likeness (QED) is 0.258. The summed E-state index contributed by atoms with van der Waals surface area (Å²) < 4.78 is 16.9. The second-order valence-electron chi connectivity index (χ2n) is 7.28. The number of anilines is 1. The molecule has 1 aliphatic heterocycles. The molecule has 3 N–H and O–H groups in total. The summed E-state index contributed by atoms with van der Waals surface area (Å²) in [5.74, 6) is -1.32. The molecule has 0 aromatic heterocycles. The van der Waals surface area contributed by atoms with Gasteiger partial charge in [-0.05, 0) is 58.6 Å². The van der Waals surface area contributed by atoms with E-state index in [4.69, 9.17) is 14.2 Å². The SMILES string of the molecule is COc1cc(/C=N\NC(=O)C(=O)NC[C@H]2CCCO2)cc(Br)c1OCC(=O)Nc1ccccc1.